The van der Waals surface area contributed by atoms with Crippen LogP contribution in [0.3, 0.4) is 0 Å². The predicted molar refractivity (Wildman–Crippen MR) is 47.8 cm³/mol. The highest BCUT2D eigenvalue weighted by Gasteiger charge is 2.15. The molecule has 13 heavy (non-hydrogen) atoms. The largest absolute Gasteiger partial charge is 0.308 e. The van der Waals surface area contributed by atoms with Gasteiger partial charge in [-0.15, -0.1) is 0 Å². The van der Waals surface area contributed by atoms with Crippen LogP contribution in [0.1, 0.15) is 43.6 Å². The van der Waals surface area contributed by atoms with Crippen molar-refractivity contribution >= 4 is 0 Å². The van der Waals surface area contributed by atoms with Crippen molar-refractivity contribution in [2.24, 2.45) is 0 Å². The molecular weight excluding hydrogens is 167 g/mol. The topological polar surface area (TPSA) is 25.8 Å². The van der Waals surface area contributed by atoms with Gasteiger partial charge in [-0.1, -0.05) is 19.3 Å². The zero-order valence-corrected chi connectivity index (χ0v) is 7.54. The van der Waals surface area contributed by atoms with E-state index in [4.69, 9.17) is 0 Å². The fraction of sp³-hybridized carbons (Fsp3) is 0.600. The van der Waals surface area contributed by atoms with Gasteiger partial charge < -0.3 is 0 Å². The van der Waals surface area contributed by atoms with Gasteiger partial charge in [0, 0.05) is 12.4 Å². The lowest BCUT2D eigenvalue weighted by Crippen LogP contribution is -2.05. The smallest absolute Gasteiger partial charge is 0.210 e. The highest BCUT2D eigenvalue weighted by molar-refractivity contribution is 5.10. The van der Waals surface area contributed by atoms with E-state index in [9.17, 15) is 4.39 Å². The summed E-state index contributed by atoms with van der Waals surface area (Å²) in [5, 5.41) is 0. The molecule has 1 aromatic rings. The second kappa shape index (κ2) is 3.81. The van der Waals surface area contributed by atoms with E-state index in [-0.39, 0.29) is 0 Å². The van der Waals surface area contributed by atoms with E-state index in [1.165, 1.54) is 32.1 Å². The summed E-state index contributed by atoms with van der Waals surface area (Å²) in [4.78, 5) is 7.15. The zero-order valence-electron chi connectivity index (χ0n) is 7.54. The lowest BCUT2D eigenvalue weighted by molar-refractivity contribution is 0.438. The normalized spacial score (nSPS) is 18.8. The van der Waals surface area contributed by atoms with Crippen molar-refractivity contribution in [2.75, 3.05) is 0 Å². The van der Waals surface area contributed by atoms with Crippen LogP contribution >= 0.6 is 0 Å². The first-order valence-corrected chi connectivity index (χ1v) is 4.84. The molecule has 0 aliphatic heterocycles. The van der Waals surface area contributed by atoms with Gasteiger partial charge in [-0.05, 0) is 24.3 Å². The van der Waals surface area contributed by atoms with E-state index < -0.39 is 6.08 Å². The molecular formula is C10H13FN2. The Morgan fingerprint density at radius 2 is 1.69 bits per heavy atom. The molecule has 1 aromatic heterocycles. The summed E-state index contributed by atoms with van der Waals surface area (Å²) in [5.41, 5.74) is 1.10. The molecule has 70 valence electrons. The van der Waals surface area contributed by atoms with Crippen molar-refractivity contribution in [2.45, 2.75) is 38.0 Å². The zero-order chi connectivity index (χ0) is 9.10. The fourth-order valence-electron chi connectivity index (χ4n) is 1.97. The molecule has 2 nitrogen and oxygen atoms in total. The van der Waals surface area contributed by atoms with Crippen LogP contribution in [0.4, 0.5) is 4.39 Å². The maximum atomic E-state index is 12.4. The molecule has 0 amide bonds. The monoisotopic (exact) mass is 180 g/mol. The number of hydrogen-bond donors (Lipinski definition) is 0. The maximum Gasteiger partial charge on any atom is 0.308 e. The first-order valence-electron chi connectivity index (χ1n) is 4.84. The second-order valence-corrected chi connectivity index (χ2v) is 3.62. The van der Waals surface area contributed by atoms with Crippen molar-refractivity contribution in [3.8, 4) is 0 Å². The molecule has 0 unspecified atom stereocenters. The molecule has 1 aliphatic rings. The van der Waals surface area contributed by atoms with Crippen molar-refractivity contribution in [3.63, 3.8) is 0 Å². The summed E-state index contributed by atoms with van der Waals surface area (Å²) in [6.45, 7) is 0. The average Bonchev–Trinajstić information content (AvgIpc) is 2.20. The quantitative estimate of drug-likeness (QED) is 0.621. The minimum atomic E-state index is -0.625. The van der Waals surface area contributed by atoms with E-state index in [0.29, 0.717) is 5.92 Å². The number of halogens is 1. The average molecular weight is 180 g/mol. The Hall–Kier alpha value is -0.990. The molecule has 0 saturated heterocycles. The number of rotatable bonds is 1. The number of aromatic nitrogens is 2. The Labute approximate surface area is 77.2 Å². The highest BCUT2D eigenvalue weighted by atomic mass is 19.1. The van der Waals surface area contributed by atoms with E-state index in [2.05, 4.69) is 9.97 Å². The number of hydrogen-bond acceptors (Lipinski definition) is 2. The molecule has 3 heteroatoms. The van der Waals surface area contributed by atoms with Gasteiger partial charge >= 0.3 is 6.08 Å². The molecule has 0 atom stereocenters. The fourth-order valence-corrected chi connectivity index (χ4v) is 1.97. The van der Waals surface area contributed by atoms with Gasteiger partial charge in [0.05, 0.1) is 0 Å². The standard InChI is InChI=1S/C10H13FN2/c11-10-12-6-9(7-13-10)8-4-2-1-3-5-8/h6-8H,1-5H2. The Balaban J connectivity index is 2.10. The summed E-state index contributed by atoms with van der Waals surface area (Å²) in [6.07, 6.45) is 8.92. The first-order chi connectivity index (χ1) is 6.36. The molecule has 0 bridgehead atoms. The van der Waals surface area contributed by atoms with Gasteiger partial charge in [0.1, 0.15) is 0 Å². The van der Waals surface area contributed by atoms with Gasteiger partial charge in [0.15, 0.2) is 0 Å². The Morgan fingerprint density at radius 3 is 2.31 bits per heavy atom. The van der Waals surface area contributed by atoms with Crippen LogP contribution in [0.25, 0.3) is 0 Å². The summed E-state index contributed by atoms with van der Waals surface area (Å²) in [5.74, 6) is 0.564. The van der Waals surface area contributed by atoms with Crippen LogP contribution < -0.4 is 0 Å². The van der Waals surface area contributed by atoms with Gasteiger partial charge in [-0.3, -0.25) is 0 Å². The van der Waals surface area contributed by atoms with Gasteiger partial charge in [-0.25, -0.2) is 9.97 Å². The lowest BCUT2D eigenvalue weighted by atomic mass is 9.85. The second-order valence-electron chi connectivity index (χ2n) is 3.62. The Morgan fingerprint density at radius 1 is 1.08 bits per heavy atom. The van der Waals surface area contributed by atoms with Crippen molar-refractivity contribution < 1.29 is 4.39 Å². The van der Waals surface area contributed by atoms with Crippen LogP contribution in [-0.4, -0.2) is 9.97 Å². The third-order valence-corrected chi connectivity index (χ3v) is 2.72. The molecule has 0 aromatic carbocycles. The van der Waals surface area contributed by atoms with Crippen molar-refractivity contribution in [1.82, 2.24) is 9.97 Å². The third-order valence-electron chi connectivity index (χ3n) is 2.72. The third kappa shape index (κ3) is 2.02. The van der Waals surface area contributed by atoms with Crippen LogP contribution in [0.15, 0.2) is 12.4 Å². The molecule has 1 saturated carbocycles. The molecule has 1 fully saturated rings. The molecule has 1 aliphatic carbocycles. The lowest BCUT2D eigenvalue weighted by Gasteiger charge is -2.20. The molecule has 0 radical (unpaired) electrons. The molecule has 0 spiro atoms. The summed E-state index contributed by atoms with van der Waals surface area (Å²) in [6, 6.07) is 0. The predicted octanol–water partition coefficient (Wildman–Crippen LogP) is 2.66. The minimum Gasteiger partial charge on any atom is -0.210 e. The molecule has 2 rings (SSSR count). The van der Waals surface area contributed by atoms with Gasteiger partial charge in [0.25, 0.3) is 0 Å². The molecule has 0 N–H and O–H groups in total. The summed E-state index contributed by atoms with van der Waals surface area (Å²) >= 11 is 0. The van der Waals surface area contributed by atoms with Crippen molar-refractivity contribution in [1.29, 1.82) is 0 Å². The highest BCUT2D eigenvalue weighted by Crippen LogP contribution is 2.31. The Bertz CT molecular complexity index is 265. The first kappa shape index (κ1) is 8.60. The summed E-state index contributed by atoms with van der Waals surface area (Å²) < 4.78 is 12.4. The maximum absolute atomic E-state index is 12.4. The van der Waals surface area contributed by atoms with Gasteiger partial charge in [0.2, 0.25) is 0 Å². The van der Waals surface area contributed by atoms with Crippen LogP contribution in [-0.2, 0) is 0 Å². The van der Waals surface area contributed by atoms with E-state index in [1.54, 1.807) is 12.4 Å². The van der Waals surface area contributed by atoms with Crippen molar-refractivity contribution in [3.05, 3.63) is 24.0 Å². The summed E-state index contributed by atoms with van der Waals surface area (Å²) in [7, 11) is 0. The van der Waals surface area contributed by atoms with E-state index in [1.807, 2.05) is 0 Å². The van der Waals surface area contributed by atoms with Gasteiger partial charge in [-0.2, -0.15) is 4.39 Å². The number of nitrogens with zero attached hydrogens (tertiary/aromatic N) is 2. The van der Waals surface area contributed by atoms with E-state index >= 15 is 0 Å². The van der Waals surface area contributed by atoms with Crippen LogP contribution in [0, 0.1) is 6.08 Å². The SMILES string of the molecule is Fc1ncc(C2CCCCC2)cn1. The van der Waals surface area contributed by atoms with Crippen LogP contribution in [0.2, 0.25) is 0 Å². The molecule has 1 heterocycles. The van der Waals surface area contributed by atoms with Crippen LogP contribution in [0.5, 0.6) is 0 Å². The minimum absolute atomic E-state index is 0.564. The Kier molecular flexibility index (Phi) is 2.52. The van der Waals surface area contributed by atoms with E-state index in [0.717, 1.165) is 5.56 Å².